The van der Waals surface area contributed by atoms with Gasteiger partial charge in [0.1, 0.15) is 0 Å². The van der Waals surface area contributed by atoms with Crippen LogP contribution in [-0.2, 0) is 5.75 Å². The van der Waals surface area contributed by atoms with Crippen molar-refractivity contribution >= 4 is 24.4 Å². The van der Waals surface area contributed by atoms with Gasteiger partial charge < -0.3 is 5.73 Å². The predicted octanol–water partition coefficient (Wildman–Crippen LogP) is 2.18. The van der Waals surface area contributed by atoms with E-state index in [9.17, 15) is 0 Å². The zero-order valence-electron chi connectivity index (χ0n) is 7.52. The molecule has 0 saturated heterocycles. The maximum absolute atomic E-state index is 5.74. The third-order valence-corrected chi connectivity index (χ3v) is 3.35. The SMILES string of the molecule is N[C@H](CS)CSCc1ccccc1. The molecule has 0 aliphatic carbocycles. The number of nitrogens with two attached hydrogens (primary N) is 1. The van der Waals surface area contributed by atoms with E-state index in [1.807, 2.05) is 17.8 Å². The first-order valence-corrected chi connectivity index (χ1v) is 6.09. The van der Waals surface area contributed by atoms with E-state index < -0.39 is 0 Å². The lowest BCUT2D eigenvalue weighted by Crippen LogP contribution is -2.24. The molecule has 0 unspecified atom stereocenters. The van der Waals surface area contributed by atoms with Crippen LogP contribution in [0.4, 0.5) is 0 Å². The number of hydrogen-bond acceptors (Lipinski definition) is 3. The molecule has 0 fully saturated rings. The van der Waals surface area contributed by atoms with Crippen LogP contribution in [0.3, 0.4) is 0 Å². The lowest BCUT2D eigenvalue weighted by molar-refractivity contribution is 0.863. The first-order valence-electron chi connectivity index (χ1n) is 4.31. The highest BCUT2D eigenvalue weighted by molar-refractivity contribution is 7.98. The van der Waals surface area contributed by atoms with Crippen molar-refractivity contribution in [2.75, 3.05) is 11.5 Å². The van der Waals surface area contributed by atoms with Gasteiger partial charge in [0.25, 0.3) is 0 Å². The highest BCUT2D eigenvalue weighted by Crippen LogP contribution is 2.12. The van der Waals surface area contributed by atoms with Crippen LogP contribution in [0.15, 0.2) is 30.3 Å². The number of hydrogen-bond donors (Lipinski definition) is 2. The van der Waals surface area contributed by atoms with Gasteiger partial charge in [-0.05, 0) is 5.56 Å². The van der Waals surface area contributed by atoms with Gasteiger partial charge in [0, 0.05) is 23.3 Å². The quantitative estimate of drug-likeness (QED) is 0.733. The van der Waals surface area contributed by atoms with Gasteiger partial charge in [0.2, 0.25) is 0 Å². The number of rotatable bonds is 5. The van der Waals surface area contributed by atoms with Gasteiger partial charge >= 0.3 is 0 Å². The van der Waals surface area contributed by atoms with E-state index >= 15 is 0 Å². The Morgan fingerprint density at radius 1 is 1.31 bits per heavy atom. The zero-order valence-corrected chi connectivity index (χ0v) is 9.23. The maximum Gasteiger partial charge on any atom is 0.0219 e. The van der Waals surface area contributed by atoms with Gasteiger partial charge in [-0.2, -0.15) is 24.4 Å². The Labute approximate surface area is 89.5 Å². The minimum atomic E-state index is 0.219. The molecule has 1 nitrogen and oxygen atoms in total. The summed E-state index contributed by atoms with van der Waals surface area (Å²) in [5.74, 6) is 2.79. The second-order valence-corrected chi connectivity index (χ2v) is 4.34. The molecule has 1 aromatic carbocycles. The minimum Gasteiger partial charge on any atom is -0.326 e. The Hall–Kier alpha value is -0.120. The Morgan fingerprint density at radius 3 is 2.62 bits per heavy atom. The molecule has 0 spiro atoms. The summed E-state index contributed by atoms with van der Waals surface area (Å²) in [4.78, 5) is 0. The standard InChI is InChI=1S/C10H15NS2/c11-10(6-12)8-13-7-9-4-2-1-3-5-9/h1-5,10,12H,6-8,11H2/t10-/m1/s1. The second-order valence-electron chi connectivity index (χ2n) is 2.94. The van der Waals surface area contributed by atoms with Crippen LogP contribution >= 0.6 is 24.4 Å². The second kappa shape index (κ2) is 6.35. The molecule has 1 aromatic rings. The van der Waals surface area contributed by atoms with Crippen LogP contribution in [0, 0.1) is 0 Å². The van der Waals surface area contributed by atoms with Crippen LogP contribution in [-0.4, -0.2) is 17.5 Å². The van der Waals surface area contributed by atoms with E-state index in [-0.39, 0.29) is 6.04 Å². The van der Waals surface area contributed by atoms with Crippen molar-refractivity contribution in [3.05, 3.63) is 35.9 Å². The average molecular weight is 213 g/mol. The molecule has 0 saturated carbocycles. The van der Waals surface area contributed by atoms with E-state index in [0.29, 0.717) is 0 Å². The molecule has 0 amide bonds. The molecule has 2 N–H and O–H groups in total. The van der Waals surface area contributed by atoms with Gasteiger partial charge in [-0.1, -0.05) is 30.3 Å². The summed E-state index contributed by atoms with van der Waals surface area (Å²) in [5.41, 5.74) is 7.10. The first kappa shape index (κ1) is 11.0. The minimum absolute atomic E-state index is 0.219. The van der Waals surface area contributed by atoms with Crippen molar-refractivity contribution in [2.24, 2.45) is 5.73 Å². The monoisotopic (exact) mass is 213 g/mol. The Morgan fingerprint density at radius 2 is 2.00 bits per heavy atom. The molecule has 72 valence electrons. The molecule has 0 aliphatic heterocycles. The molecule has 3 heteroatoms. The summed E-state index contributed by atoms with van der Waals surface area (Å²) in [6, 6.07) is 10.7. The molecule has 13 heavy (non-hydrogen) atoms. The van der Waals surface area contributed by atoms with E-state index in [1.165, 1.54) is 5.56 Å². The number of thioether (sulfide) groups is 1. The molecule has 1 atom stereocenters. The summed E-state index contributed by atoms with van der Waals surface area (Å²) >= 11 is 6.00. The normalized spacial score (nSPS) is 12.8. The summed E-state index contributed by atoms with van der Waals surface area (Å²) in [7, 11) is 0. The fourth-order valence-electron chi connectivity index (χ4n) is 0.955. The Balaban J connectivity index is 2.20. The van der Waals surface area contributed by atoms with Gasteiger partial charge in [-0.25, -0.2) is 0 Å². The predicted molar refractivity (Wildman–Crippen MR) is 64.4 cm³/mol. The lowest BCUT2D eigenvalue weighted by Gasteiger charge is -2.07. The molecule has 0 heterocycles. The third-order valence-electron chi connectivity index (χ3n) is 1.68. The highest BCUT2D eigenvalue weighted by atomic mass is 32.2. The van der Waals surface area contributed by atoms with Crippen molar-refractivity contribution < 1.29 is 0 Å². The number of benzene rings is 1. The van der Waals surface area contributed by atoms with Crippen LogP contribution in [0.2, 0.25) is 0 Å². The largest absolute Gasteiger partial charge is 0.326 e. The fraction of sp³-hybridized carbons (Fsp3) is 0.400. The zero-order chi connectivity index (χ0) is 9.52. The molecule has 0 aliphatic rings. The molecule has 1 rings (SSSR count). The van der Waals surface area contributed by atoms with E-state index in [1.54, 1.807) is 0 Å². The Bertz CT molecular complexity index is 226. The van der Waals surface area contributed by atoms with E-state index in [0.717, 1.165) is 17.3 Å². The maximum atomic E-state index is 5.74. The van der Waals surface area contributed by atoms with Crippen LogP contribution in [0.5, 0.6) is 0 Å². The summed E-state index contributed by atoms with van der Waals surface area (Å²) in [6.07, 6.45) is 0. The third kappa shape index (κ3) is 4.60. The van der Waals surface area contributed by atoms with Crippen molar-refractivity contribution in [1.29, 1.82) is 0 Å². The first-order chi connectivity index (χ1) is 6.33. The van der Waals surface area contributed by atoms with Gasteiger partial charge in [-0.3, -0.25) is 0 Å². The Kier molecular flexibility index (Phi) is 5.35. The lowest BCUT2D eigenvalue weighted by atomic mass is 10.2. The molecular formula is C10H15NS2. The molecular weight excluding hydrogens is 198 g/mol. The summed E-state index contributed by atoms with van der Waals surface area (Å²) in [6.45, 7) is 0. The van der Waals surface area contributed by atoms with Crippen LogP contribution in [0.1, 0.15) is 5.56 Å². The smallest absolute Gasteiger partial charge is 0.0219 e. The van der Waals surface area contributed by atoms with Gasteiger partial charge in [0.15, 0.2) is 0 Å². The summed E-state index contributed by atoms with van der Waals surface area (Å²) in [5, 5.41) is 0. The topological polar surface area (TPSA) is 26.0 Å². The van der Waals surface area contributed by atoms with Gasteiger partial charge in [-0.15, -0.1) is 0 Å². The molecule has 0 aromatic heterocycles. The van der Waals surface area contributed by atoms with Crippen molar-refractivity contribution in [3.8, 4) is 0 Å². The fourth-order valence-corrected chi connectivity index (χ4v) is 2.23. The van der Waals surface area contributed by atoms with Crippen molar-refractivity contribution in [1.82, 2.24) is 0 Å². The number of thiol groups is 1. The van der Waals surface area contributed by atoms with Crippen molar-refractivity contribution in [2.45, 2.75) is 11.8 Å². The highest BCUT2D eigenvalue weighted by Gasteiger charge is 1.99. The molecule has 0 radical (unpaired) electrons. The van der Waals surface area contributed by atoms with E-state index in [2.05, 4.69) is 36.9 Å². The van der Waals surface area contributed by atoms with Crippen LogP contribution in [0.25, 0.3) is 0 Å². The molecule has 0 bridgehead atoms. The average Bonchev–Trinajstić information content (AvgIpc) is 2.19. The van der Waals surface area contributed by atoms with Crippen LogP contribution < -0.4 is 5.73 Å². The van der Waals surface area contributed by atoms with E-state index in [4.69, 9.17) is 5.73 Å². The summed E-state index contributed by atoms with van der Waals surface area (Å²) < 4.78 is 0. The van der Waals surface area contributed by atoms with Crippen molar-refractivity contribution in [3.63, 3.8) is 0 Å². The van der Waals surface area contributed by atoms with Gasteiger partial charge in [0.05, 0.1) is 0 Å².